The second-order valence-corrected chi connectivity index (χ2v) is 1.99. The van der Waals surface area contributed by atoms with E-state index < -0.39 is 26.2 Å². The van der Waals surface area contributed by atoms with Gasteiger partial charge in [0.25, 0.3) is 6.01 Å². The summed E-state index contributed by atoms with van der Waals surface area (Å²) in [5, 5.41) is 0. The van der Waals surface area contributed by atoms with Crippen molar-refractivity contribution in [3.8, 4) is 6.01 Å². The summed E-state index contributed by atoms with van der Waals surface area (Å²) in [4.78, 5) is 3.51. The van der Waals surface area contributed by atoms with Crippen molar-refractivity contribution < 1.29 is 14.3 Å². The summed E-state index contributed by atoms with van der Waals surface area (Å²) in [6, 6.07) is -0.642. The first-order chi connectivity index (χ1) is 7.02. The van der Waals surface area contributed by atoms with Crippen LogP contribution in [0.4, 0.5) is 0 Å². The van der Waals surface area contributed by atoms with Crippen LogP contribution in [0.1, 0.15) is 9.60 Å². The summed E-state index contributed by atoms with van der Waals surface area (Å²) in [5.41, 5.74) is 0. The number of methoxy groups -OCH3 is 1. The van der Waals surface area contributed by atoms with Crippen LogP contribution in [0.15, 0.2) is 10.8 Å². The molecule has 0 amide bonds. The molecule has 0 fully saturated rings. The quantitative estimate of drug-likeness (QED) is 0.677. The van der Waals surface area contributed by atoms with Crippen molar-refractivity contribution in [3.05, 3.63) is 10.8 Å². The van der Waals surface area contributed by atoms with Gasteiger partial charge in [-0.25, -0.2) is 0 Å². The zero-order chi connectivity index (χ0) is 12.7. The Hall–Kier alpha value is -0.510. The lowest BCUT2D eigenvalue weighted by atomic mass is 10.9. The summed E-state index contributed by atoms with van der Waals surface area (Å²) >= 11 is 2.83. The van der Waals surface area contributed by atoms with Gasteiger partial charge < -0.3 is 9.30 Å². The van der Waals surface area contributed by atoms with E-state index in [1.165, 1.54) is 0 Å². The maximum atomic E-state index is 7.41. The fourth-order valence-electron chi connectivity index (χ4n) is 0.368. The summed E-state index contributed by atoms with van der Waals surface area (Å²) < 4.78 is 54.1. The molecule has 0 saturated carbocycles. The van der Waals surface area contributed by atoms with E-state index in [0.29, 0.717) is 4.57 Å². The largest absolute Gasteiger partial charge is 0.468 e. The predicted octanol–water partition coefficient (Wildman–Crippen LogP) is 1.19. The molecule has 0 aliphatic carbocycles. The molecule has 0 aliphatic heterocycles. The van der Waals surface area contributed by atoms with Crippen LogP contribution >= 0.6 is 15.9 Å². The molecule has 0 spiro atoms. The van der Waals surface area contributed by atoms with E-state index in [1.54, 1.807) is 0 Å². The van der Waals surface area contributed by atoms with Gasteiger partial charge in [0, 0.05) is 17.3 Å². The molecule has 0 radical (unpaired) electrons. The molecule has 4 heteroatoms. The fourth-order valence-corrected chi connectivity index (χ4v) is 0.697. The van der Waals surface area contributed by atoms with Gasteiger partial charge in [-0.15, -0.1) is 0 Å². The minimum atomic E-state index is -2.82. The molecule has 0 N–H and O–H groups in total. The number of ether oxygens (including phenoxy) is 1. The van der Waals surface area contributed by atoms with Crippen molar-refractivity contribution >= 4 is 15.9 Å². The Morgan fingerprint density at radius 3 is 3.67 bits per heavy atom. The van der Waals surface area contributed by atoms with Crippen molar-refractivity contribution in [1.82, 2.24) is 9.55 Å². The number of halogens is 1. The van der Waals surface area contributed by atoms with E-state index in [-0.39, 0.29) is 4.60 Å². The lowest BCUT2D eigenvalue weighted by molar-refractivity contribution is 0.366. The number of aromatic nitrogens is 2. The highest BCUT2D eigenvalue weighted by Gasteiger charge is 1.99. The van der Waals surface area contributed by atoms with Crippen molar-refractivity contribution in [1.29, 1.82) is 0 Å². The van der Waals surface area contributed by atoms with Gasteiger partial charge in [-0.2, -0.15) is 4.98 Å². The number of rotatable bonds is 1. The molecule has 0 bridgehead atoms. The molecule has 1 aromatic rings. The third kappa shape index (κ3) is 1.24. The Kier molecular flexibility index (Phi) is 0.527. The van der Waals surface area contributed by atoms with Crippen LogP contribution in [0, 0.1) is 0 Å². The van der Waals surface area contributed by atoms with E-state index in [0.717, 1.165) is 0 Å². The van der Waals surface area contributed by atoms with Gasteiger partial charge in [0.1, 0.15) is 4.60 Å². The molecule has 50 valence electrons. The van der Waals surface area contributed by atoms with Gasteiger partial charge in [0.2, 0.25) is 0 Å². The van der Waals surface area contributed by atoms with Crippen LogP contribution in [0.2, 0.25) is 0 Å². The minimum Gasteiger partial charge on any atom is -0.468 e. The monoisotopic (exact) mass is 197 g/mol. The standard InChI is InChI=1S/C5H7BrN2O/c1-8-3-4(6)7-5(8)9-2/h3H,1-2H3/i1D3,2D3,3D. The first kappa shape index (κ1) is 1.99. The fraction of sp³-hybridized carbons (Fsp3) is 0.400. The van der Waals surface area contributed by atoms with E-state index in [4.69, 9.17) is 9.60 Å². The van der Waals surface area contributed by atoms with E-state index in [2.05, 4.69) is 25.7 Å². The molecular weight excluding hydrogens is 184 g/mol. The summed E-state index contributed by atoms with van der Waals surface area (Å²) in [6.45, 7) is -2.73. The molecule has 1 aromatic heterocycles. The Morgan fingerprint density at radius 1 is 2.11 bits per heavy atom. The highest BCUT2D eigenvalue weighted by molar-refractivity contribution is 9.10. The molecule has 0 aromatic carbocycles. The van der Waals surface area contributed by atoms with E-state index in [9.17, 15) is 0 Å². The van der Waals surface area contributed by atoms with Crippen LogP contribution in [0.25, 0.3) is 0 Å². The number of imidazole rings is 1. The zero-order valence-corrected chi connectivity index (χ0v) is 5.77. The van der Waals surface area contributed by atoms with Gasteiger partial charge in [-0.05, 0) is 15.9 Å². The average molecular weight is 198 g/mol. The molecule has 9 heavy (non-hydrogen) atoms. The highest BCUT2D eigenvalue weighted by Crippen LogP contribution is 2.12. The topological polar surface area (TPSA) is 27.1 Å². The molecule has 1 rings (SSSR count). The van der Waals surface area contributed by atoms with Crippen molar-refractivity contribution in [2.24, 2.45) is 6.98 Å². The smallest absolute Gasteiger partial charge is 0.296 e. The lowest BCUT2D eigenvalue weighted by Gasteiger charge is -1.94. The maximum Gasteiger partial charge on any atom is 0.296 e. The number of nitrogens with zero attached hydrogens (tertiary/aromatic N) is 2. The van der Waals surface area contributed by atoms with Gasteiger partial charge in [-0.3, -0.25) is 0 Å². The van der Waals surface area contributed by atoms with E-state index >= 15 is 0 Å². The molecule has 3 nitrogen and oxygen atoms in total. The lowest BCUT2D eigenvalue weighted by Crippen LogP contribution is -1.92. The first-order valence-corrected chi connectivity index (χ1v) is 2.76. The molecular formula is C5H7BrN2O. The van der Waals surface area contributed by atoms with Crippen LogP contribution in [-0.4, -0.2) is 16.6 Å². The SMILES string of the molecule is [2H]c1c(Br)nc(OC([2H])([2H])[2H])n1C([2H])([2H])[2H]. The third-order valence-electron chi connectivity index (χ3n) is 0.680. The van der Waals surface area contributed by atoms with Gasteiger partial charge in [-0.1, -0.05) is 0 Å². The van der Waals surface area contributed by atoms with Gasteiger partial charge in [0.15, 0.2) is 0 Å². The second kappa shape index (κ2) is 2.39. The zero-order valence-electron chi connectivity index (χ0n) is 11.2. The molecule has 1 heterocycles. The van der Waals surface area contributed by atoms with Crippen molar-refractivity contribution in [2.75, 3.05) is 7.04 Å². The molecule has 0 saturated heterocycles. The first-order valence-electron chi connectivity index (χ1n) is 5.47. The Balaban J connectivity index is 3.25. The second-order valence-electron chi connectivity index (χ2n) is 1.23. The summed E-state index contributed by atoms with van der Waals surface area (Å²) in [5.74, 6) is 0. The van der Waals surface area contributed by atoms with Crippen molar-refractivity contribution in [3.63, 3.8) is 0 Å². The van der Waals surface area contributed by atoms with Crippen LogP contribution in [0.3, 0.4) is 0 Å². The van der Waals surface area contributed by atoms with Crippen LogP contribution in [0.5, 0.6) is 6.01 Å². The Bertz CT molecular complexity index is 395. The maximum absolute atomic E-state index is 7.41. The Labute approximate surface area is 71.6 Å². The molecule has 0 unspecified atom stereocenters. The van der Waals surface area contributed by atoms with Crippen LogP contribution < -0.4 is 4.74 Å². The molecule has 0 atom stereocenters. The summed E-state index contributed by atoms with van der Waals surface area (Å²) in [7, 11) is -2.82. The Morgan fingerprint density at radius 2 is 3.00 bits per heavy atom. The predicted molar refractivity (Wildman–Crippen MR) is 37.5 cm³/mol. The van der Waals surface area contributed by atoms with Gasteiger partial charge >= 0.3 is 0 Å². The minimum absolute atomic E-state index is 0.0946. The number of hydrogen-bond acceptors (Lipinski definition) is 2. The normalized spacial score (nSPS) is 23.9. The van der Waals surface area contributed by atoms with Crippen molar-refractivity contribution in [2.45, 2.75) is 0 Å². The van der Waals surface area contributed by atoms with Crippen LogP contribution in [-0.2, 0) is 6.98 Å². The van der Waals surface area contributed by atoms with E-state index in [1.807, 2.05) is 0 Å². The molecule has 0 aliphatic rings. The van der Waals surface area contributed by atoms with Gasteiger partial charge in [0.05, 0.1) is 12.5 Å². The third-order valence-corrected chi connectivity index (χ3v) is 1.04. The average Bonchev–Trinajstić information content (AvgIpc) is 2.21. The number of hydrogen-bond donors (Lipinski definition) is 0. The highest BCUT2D eigenvalue weighted by atomic mass is 79.9. The summed E-state index contributed by atoms with van der Waals surface area (Å²) in [6.07, 6.45) is -0.473.